The van der Waals surface area contributed by atoms with E-state index in [1.807, 2.05) is 12.1 Å². The van der Waals surface area contributed by atoms with E-state index in [2.05, 4.69) is 32.0 Å². The second-order valence-electron chi connectivity index (χ2n) is 6.74. The van der Waals surface area contributed by atoms with Crippen molar-refractivity contribution in [3.8, 4) is 22.6 Å². The zero-order valence-electron chi connectivity index (χ0n) is 15.2. The van der Waals surface area contributed by atoms with Crippen LogP contribution in [0.15, 0.2) is 43.0 Å². The molecule has 0 saturated carbocycles. The minimum Gasteiger partial charge on any atom is -0.377 e. The zero-order chi connectivity index (χ0) is 19.1. The van der Waals surface area contributed by atoms with E-state index < -0.39 is 0 Å². The van der Waals surface area contributed by atoms with Gasteiger partial charge in [-0.2, -0.15) is 5.10 Å². The molecule has 5 heterocycles. The van der Waals surface area contributed by atoms with Gasteiger partial charge in [0, 0.05) is 30.1 Å². The first kappa shape index (κ1) is 16.8. The molecular weight excluding hydrogens is 361 g/mol. The van der Waals surface area contributed by atoms with Gasteiger partial charge in [-0.3, -0.25) is 10.1 Å². The molecule has 8 nitrogen and oxygen atoms in total. The predicted octanol–water partition coefficient (Wildman–Crippen LogP) is 2.55. The first-order chi connectivity index (χ1) is 13.7. The van der Waals surface area contributed by atoms with Crippen molar-refractivity contribution in [2.45, 2.75) is 13.0 Å². The smallest absolute Gasteiger partial charge is 0.179 e. The Labute approximate surface area is 160 Å². The first-order valence-electron chi connectivity index (χ1n) is 9.05. The lowest BCUT2D eigenvalue weighted by molar-refractivity contribution is 0.0984. The minimum atomic E-state index is -0.388. The third-order valence-corrected chi connectivity index (χ3v) is 4.96. The summed E-state index contributed by atoms with van der Waals surface area (Å²) in [6.45, 7) is 4.05. The van der Waals surface area contributed by atoms with Gasteiger partial charge in [0.05, 0.1) is 37.2 Å². The van der Waals surface area contributed by atoms with E-state index in [1.54, 1.807) is 29.2 Å². The van der Waals surface area contributed by atoms with Gasteiger partial charge in [0.15, 0.2) is 11.6 Å². The lowest BCUT2D eigenvalue weighted by Gasteiger charge is -2.34. The average molecular weight is 379 g/mol. The summed E-state index contributed by atoms with van der Waals surface area (Å²) < 4.78 is 21.9. The number of hydrogen-bond acceptors (Lipinski definition) is 6. The maximum atomic E-state index is 14.6. The summed E-state index contributed by atoms with van der Waals surface area (Å²) in [7, 11) is 0. The lowest BCUT2D eigenvalue weighted by Crippen LogP contribution is -2.44. The number of aromatic nitrogens is 6. The van der Waals surface area contributed by atoms with E-state index in [-0.39, 0.29) is 11.9 Å². The number of anilines is 1. The molecule has 4 aromatic rings. The second kappa shape index (κ2) is 6.68. The fraction of sp³-hybridized carbons (Fsp3) is 0.263. The molecule has 1 aliphatic rings. The van der Waals surface area contributed by atoms with Gasteiger partial charge in [0.1, 0.15) is 11.5 Å². The third kappa shape index (κ3) is 2.71. The lowest BCUT2D eigenvalue weighted by atomic mass is 10.1. The molecule has 9 heteroatoms. The van der Waals surface area contributed by atoms with Crippen LogP contribution >= 0.6 is 0 Å². The van der Waals surface area contributed by atoms with Crippen LogP contribution in [0.2, 0.25) is 0 Å². The largest absolute Gasteiger partial charge is 0.377 e. The van der Waals surface area contributed by atoms with E-state index >= 15 is 0 Å². The summed E-state index contributed by atoms with van der Waals surface area (Å²) >= 11 is 0. The van der Waals surface area contributed by atoms with Crippen molar-refractivity contribution in [2.75, 3.05) is 24.7 Å². The van der Waals surface area contributed by atoms with E-state index in [1.165, 1.54) is 6.20 Å². The zero-order valence-corrected chi connectivity index (χ0v) is 15.2. The van der Waals surface area contributed by atoms with Crippen molar-refractivity contribution in [2.24, 2.45) is 0 Å². The summed E-state index contributed by atoms with van der Waals surface area (Å²) in [5.74, 6) is 0.972. The maximum Gasteiger partial charge on any atom is 0.179 e. The molecule has 1 fully saturated rings. The predicted molar refractivity (Wildman–Crippen MR) is 101 cm³/mol. The molecule has 1 atom stereocenters. The monoisotopic (exact) mass is 379 g/mol. The number of aromatic amines is 1. The van der Waals surface area contributed by atoms with Crippen LogP contribution in [0, 0.1) is 5.82 Å². The van der Waals surface area contributed by atoms with Gasteiger partial charge < -0.3 is 9.64 Å². The maximum absolute atomic E-state index is 14.6. The molecule has 0 unspecified atom stereocenters. The average Bonchev–Trinajstić information content (AvgIpc) is 3.37. The number of nitrogens with one attached hydrogen (secondary N) is 1. The van der Waals surface area contributed by atoms with Gasteiger partial charge in [-0.15, -0.1) is 5.10 Å². The summed E-state index contributed by atoms with van der Waals surface area (Å²) in [5.41, 5.74) is 2.61. The number of halogens is 1. The number of morpholine rings is 1. The van der Waals surface area contributed by atoms with Gasteiger partial charge >= 0.3 is 0 Å². The number of imidazole rings is 1. The molecular formula is C19H18FN7O. The Bertz CT molecular complexity index is 1120. The molecule has 1 aliphatic heterocycles. The fourth-order valence-corrected chi connectivity index (χ4v) is 3.55. The van der Waals surface area contributed by atoms with Crippen molar-refractivity contribution < 1.29 is 9.13 Å². The molecule has 1 saturated heterocycles. The van der Waals surface area contributed by atoms with Crippen LogP contribution in [0.5, 0.6) is 0 Å². The molecule has 0 amide bonds. The van der Waals surface area contributed by atoms with E-state index in [4.69, 9.17) is 9.84 Å². The van der Waals surface area contributed by atoms with Crippen LogP contribution < -0.4 is 4.90 Å². The molecule has 1 N–H and O–H groups in total. The number of rotatable bonds is 3. The third-order valence-electron chi connectivity index (χ3n) is 4.96. The topological polar surface area (TPSA) is 84.2 Å². The normalized spacial score (nSPS) is 17.4. The quantitative estimate of drug-likeness (QED) is 0.589. The van der Waals surface area contributed by atoms with E-state index in [0.29, 0.717) is 42.2 Å². The Morgan fingerprint density at radius 2 is 2.14 bits per heavy atom. The summed E-state index contributed by atoms with van der Waals surface area (Å²) in [6.07, 6.45) is 6.16. The van der Waals surface area contributed by atoms with Crippen LogP contribution in [0.25, 0.3) is 28.2 Å². The molecule has 0 radical (unpaired) electrons. The Morgan fingerprint density at radius 1 is 1.21 bits per heavy atom. The van der Waals surface area contributed by atoms with Gasteiger partial charge in [0.2, 0.25) is 0 Å². The summed E-state index contributed by atoms with van der Waals surface area (Å²) in [6, 6.07) is 5.56. The van der Waals surface area contributed by atoms with Crippen molar-refractivity contribution in [3.63, 3.8) is 0 Å². The molecule has 0 aromatic carbocycles. The SMILES string of the molecule is C[C@@H]1COCCN1c1cc(-c2ccncc2F)c2cnc(-c3ccn[nH]3)n2n1. The Kier molecular flexibility index (Phi) is 4.01. The number of pyridine rings is 1. The van der Waals surface area contributed by atoms with Gasteiger partial charge in [-0.05, 0) is 25.1 Å². The molecule has 5 rings (SSSR count). The summed E-state index contributed by atoms with van der Waals surface area (Å²) in [4.78, 5) is 10.5. The highest BCUT2D eigenvalue weighted by Crippen LogP contribution is 2.32. The highest BCUT2D eigenvalue weighted by molar-refractivity contribution is 5.83. The molecule has 4 aromatic heterocycles. The molecule has 142 valence electrons. The number of nitrogens with zero attached hydrogens (tertiary/aromatic N) is 6. The standard InChI is InChI=1S/C19H18FN7O/c1-12-11-28-7-6-26(12)18-8-14(13-2-4-21-9-15(13)20)17-10-22-19(27(17)25-18)16-3-5-23-24-16/h2-5,8-10,12H,6-7,11H2,1H3,(H,23,24)/t12-/m1/s1. The highest BCUT2D eigenvalue weighted by atomic mass is 19.1. The second-order valence-corrected chi connectivity index (χ2v) is 6.74. The number of ether oxygens (including phenoxy) is 1. The van der Waals surface area contributed by atoms with Crippen LogP contribution in [0.4, 0.5) is 10.2 Å². The van der Waals surface area contributed by atoms with Crippen LogP contribution in [0.3, 0.4) is 0 Å². The number of hydrogen-bond donors (Lipinski definition) is 1. The molecule has 0 bridgehead atoms. The van der Waals surface area contributed by atoms with E-state index in [9.17, 15) is 4.39 Å². The highest BCUT2D eigenvalue weighted by Gasteiger charge is 2.24. The van der Waals surface area contributed by atoms with Crippen molar-refractivity contribution in [1.29, 1.82) is 0 Å². The van der Waals surface area contributed by atoms with Crippen LogP contribution in [-0.2, 0) is 4.74 Å². The Hall–Kier alpha value is -3.33. The minimum absolute atomic E-state index is 0.160. The van der Waals surface area contributed by atoms with Gasteiger partial charge in [-0.1, -0.05) is 0 Å². The van der Waals surface area contributed by atoms with Crippen molar-refractivity contribution in [1.82, 2.24) is 29.8 Å². The van der Waals surface area contributed by atoms with Crippen LogP contribution in [0.1, 0.15) is 6.92 Å². The Balaban J connectivity index is 1.77. The van der Waals surface area contributed by atoms with Gasteiger partial charge in [-0.25, -0.2) is 13.9 Å². The number of H-pyrrole nitrogens is 1. The van der Waals surface area contributed by atoms with Gasteiger partial charge in [0.25, 0.3) is 0 Å². The fourth-order valence-electron chi connectivity index (χ4n) is 3.55. The van der Waals surface area contributed by atoms with Crippen molar-refractivity contribution in [3.05, 3.63) is 48.8 Å². The molecule has 0 spiro atoms. The molecule has 28 heavy (non-hydrogen) atoms. The Morgan fingerprint density at radius 3 is 2.93 bits per heavy atom. The first-order valence-corrected chi connectivity index (χ1v) is 9.05. The van der Waals surface area contributed by atoms with Crippen molar-refractivity contribution >= 4 is 11.3 Å². The van der Waals surface area contributed by atoms with E-state index in [0.717, 1.165) is 11.5 Å². The number of fused-ring (bicyclic) bond motifs is 1. The molecule has 0 aliphatic carbocycles. The van der Waals surface area contributed by atoms with Crippen LogP contribution in [-0.4, -0.2) is 55.6 Å². The summed E-state index contributed by atoms with van der Waals surface area (Å²) in [5, 5.41) is 11.7.